The second-order valence-corrected chi connectivity index (χ2v) is 7.48. The van der Waals surface area contributed by atoms with E-state index in [4.69, 9.17) is 4.74 Å². The molecule has 0 radical (unpaired) electrons. The molecule has 138 valence electrons. The Hall–Kier alpha value is -2.21. The molecule has 1 aliphatic rings. The summed E-state index contributed by atoms with van der Waals surface area (Å²) in [5.74, 6) is -0.803. The molecule has 26 heavy (non-hydrogen) atoms. The van der Waals surface area contributed by atoms with Crippen molar-refractivity contribution in [2.45, 2.75) is 58.1 Å². The van der Waals surface area contributed by atoms with Crippen molar-refractivity contribution in [3.8, 4) is 10.6 Å². The minimum atomic E-state index is -0.822. The summed E-state index contributed by atoms with van der Waals surface area (Å²) in [4.78, 5) is 28.8. The maximum absolute atomic E-state index is 12.3. The minimum Gasteiger partial charge on any atom is -0.448 e. The van der Waals surface area contributed by atoms with E-state index in [1.807, 2.05) is 12.1 Å². The third-order valence-corrected chi connectivity index (χ3v) is 5.57. The van der Waals surface area contributed by atoms with E-state index in [0.717, 1.165) is 42.7 Å². The molecule has 6 heteroatoms. The van der Waals surface area contributed by atoms with Crippen LogP contribution in [0.5, 0.6) is 0 Å². The Morgan fingerprint density at radius 2 is 1.96 bits per heavy atom. The SMILES string of the molecule is CCc1ccc(-c2nc(C(=O)O[C@H](C)C(=O)NC3CCCC3)cs2)cc1. The summed E-state index contributed by atoms with van der Waals surface area (Å²) in [6.45, 7) is 3.70. The van der Waals surface area contributed by atoms with Gasteiger partial charge in [-0.25, -0.2) is 9.78 Å². The average Bonchev–Trinajstić information content (AvgIpc) is 3.33. The fraction of sp³-hybridized carbons (Fsp3) is 0.450. The van der Waals surface area contributed by atoms with Crippen LogP contribution >= 0.6 is 11.3 Å². The topological polar surface area (TPSA) is 68.3 Å². The van der Waals surface area contributed by atoms with E-state index in [1.54, 1.807) is 12.3 Å². The van der Waals surface area contributed by atoms with Gasteiger partial charge in [0, 0.05) is 17.0 Å². The number of aromatic nitrogens is 1. The molecule has 1 aliphatic carbocycles. The zero-order valence-corrected chi connectivity index (χ0v) is 16.0. The van der Waals surface area contributed by atoms with Gasteiger partial charge in [0.1, 0.15) is 5.01 Å². The average molecular weight is 372 g/mol. The van der Waals surface area contributed by atoms with Crippen LogP contribution in [0.15, 0.2) is 29.6 Å². The second kappa shape index (κ2) is 8.45. The molecule has 0 bridgehead atoms. The van der Waals surface area contributed by atoms with Gasteiger partial charge in [0.15, 0.2) is 11.8 Å². The number of carbonyl (C=O) groups excluding carboxylic acids is 2. The lowest BCUT2D eigenvalue weighted by Crippen LogP contribution is -2.40. The highest BCUT2D eigenvalue weighted by molar-refractivity contribution is 7.13. The first kappa shape index (κ1) is 18.6. The van der Waals surface area contributed by atoms with Crippen molar-refractivity contribution in [3.63, 3.8) is 0 Å². The Morgan fingerprint density at radius 3 is 2.62 bits per heavy atom. The normalized spacial score (nSPS) is 15.6. The first-order chi connectivity index (χ1) is 12.6. The number of hydrogen-bond acceptors (Lipinski definition) is 5. The smallest absolute Gasteiger partial charge is 0.358 e. The predicted molar refractivity (Wildman–Crippen MR) is 102 cm³/mol. The van der Waals surface area contributed by atoms with Crippen molar-refractivity contribution in [1.29, 1.82) is 0 Å². The summed E-state index contributed by atoms with van der Waals surface area (Å²) in [7, 11) is 0. The van der Waals surface area contributed by atoms with Crippen molar-refractivity contribution < 1.29 is 14.3 Å². The molecule has 0 saturated heterocycles. The van der Waals surface area contributed by atoms with Gasteiger partial charge >= 0.3 is 5.97 Å². The van der Waals surface area contributed by atoms with Crippen LogP contribution in [-0.2, 0) is 16.0 Å². The van der Waals surface area contributed by atoms with Crippen LogP contribution in [0.4, 0.5) is 0 Å². The number of benzene rings is 1. The van der Waals surface area contributed by atoms with E-state index in [9.17, 15) is 9.59 Å². The molecule has 1 amide bonds. The molecular formula is C20H24N2O3S. The molecule has 1 fully saturated rings. The van der Waals surface area contributed by atoms with Gasteiger partial charge in [-0.1, -0.05) is 44.0 Å². The lowest BCUT2D eigenvalue weighted by Gasteiger charge is -2.16. The maximum atomic E-state index is 12.3. The van der Waals surface area contributed by atoms with E-state index in [1.165, 1.54) is 16.9 Å². The number of hydrogen-bond donors (Lipinski definition) is 1. The van der Waals surface area contributed by atoms with Crippen LogP contribution in [0.25, 0.3) is 10.6 Å². The third kappa shape index (κ3) is 4.49. The van der Waals surface area contributed by atoms with Gasteiger partial charge in [-0.3, -0.25) is 4.79 Å². The number of thiazole rings is 1. The number of ether oxygens (including phenoxy) is 1. The fourth-order valence-corrected chi connectivity index (χ4v) is 3.84. The van der Waals surface area contributed by atoms with Crippen LogP contribution in [0.1, 0.15) is 55.6 Å². The van der Waals surface area contributed by atoms with Gasteiger partial charge in [0.2, 0.25) is 0 Å². The molecule has 1 saturated carbocycles. The molecule has 0 spiro atoms. The number of nitrogens with one attached hydrogen (secondary N) is 1. The molecule has 3 rings (SSSR count). The fourth-order valence-electron chi connectivity index (χ4n) is 3.05. The highest BCUT2D eigenvalue weighted by Gasteiger charge is 2.24. The first-order valence-electron chi connectivity index (χ1n) is 9.13. The van der Waals surface area contributed by atoms with Crippen molar-refractivity contribution >= 4 is 23.2 Å². The minimum absolute atomic E-state index is 0.209. The number of rotatable bonds is 6. The largest absolute Gasteiger partial charge is 0.448 e. The molecule has 1 aromatic heterocycles. The summed E-state index contributed by atoms with van der Waals surface area (Å²) in [6.07, 6.45) is 4.44. The Balaban J connectivity index is 1.59. The van der Waals surface area contributed by atoms with Gasteiger partial charge in [-0.05, 0) is 31.7 Å². The lowest BCUT2D eigenvalue weighted by atomic mass is 10.1. The van der Waals surface area contributed by atoms with Crippen LogP contribution in [-0.4, -0.2) is 29.0 Å². The standard InChI is InChI=1S/C20H24N2O3S/c1-3-14-8-10-15(11-9-14)19-22-17(12-26-19)20(24)25-13(2)18(23)21-16-6-4-5-7-16/h8-13,16H,3-7H2,1-2H3,(H,21,23)/t13-/m1/s1. The van der Waals surface area contributed by atoms with Gasteiger partial charge in [0.25, 0.3) is 5.91 Å². The third-order valence-electron chi connectivity index (χ3n) is 4.68. The predicted octanol–water partition coefficient (Wildman–Crippen LogP) is 3.98. The second-order valence-electron chi connectivity index (χ2n) is 6.63. The number of carbonyl (C=O) groups is 2. The number of amides is 1. The molecular weight excluding hydrogens is 348 g/mol. The number of esters is 1. The quantitative estimate of drug-likeness (QED) is 0.779. The molecule has 1 atom stereocenters. The Labute approximate surface area is 157 Å². The van der Waals surface area contributed by atoms with E-state index < -0.39 is 12.1 Å². The van der Waals surface area contributed by atoms with E-state index >= 15 is 0 Å². The van der Waals surface area contributed by atoms with E-state index in [-0.39, 0.29) is 17.6 Å². The van der Waals surface area contributed by atoms with Gasteiger partial charge < -0.3 is 10.1 Å². The summed E-state index contributed by atoms with van der Waals surface area (Å²) in [5, 5.41) is 5.38. The molecule has 0 unspecified atom stereocenters. The molecule has 2 aromatic rings. The molecule has 1 N–H and O–H groups in total. The zero-order valence-electron chi connectivity index (χ0n) is 15.2. The van der Waals surface area contributed by atoms with Crippen LogP contribution in [0.3, 0.4) is 0 Å². The van der Waals surface area contributed by atoms with Crippen LogP contribution in [0.2, 0.25) is 0 Å². The van der Waals surface area contributed by atoms with E-state index in [0.29, 0.717) is 0 Å². The lowest BCUT2D eigenvalue weighted by molar-refractivity contribution is -0.129. The highest BCUT2D eigenvalue weighted by atomic mass is 32.1. The van der Waals surface area contributed by atoms with Gasteiger partial charge in [-0.2, -0.15) is 0 Å². The molecule has 1 heterocycles. The van der Waals surface area contributed by atoms with Crippen LogP contribution in [0, 0.1) is 0 Å². The van der Waals surface area contributed by atoms with Gasteiger partial charge in [0.05, 0.1) is 0 Å². The Kier molecular flexibility index (Phi) is 6.04. The Morgan fingerprint density at radius 1 is 1.27 bits per heavy atom. The van der Waals surface area contributed by atoms with Gasteiger partial charge in [-0.15, -0.1) is 11.3 Å². The molecule has 1 aromatic carbocycles. The summed E-state index contributed by atoms with van der Waals surface area (Å²) < 4.78 is 5.29. The monoisotopic (exact) mass is 372 g/mol. The van der Waals surface area contributed by atoms with Crippen molar-refractivity contribution in [1.82, 2.24) is 10.3 Å². The maximum Gasteiger partial charge on any atom is 0.358 e. The van der Waals surface area contributed by atoms with E-state index in [2.05, 4.69) is 29.4 Å². The first-order valence-corrected chi connectivity index (χ1v) is 10.0. The number of aryl methyl sites for hydroxylation is 1. The summed E-state index contributed by atoms with van der Waals surface area (Å²) in [5.41, 5.74) is 2.47. The number of nitrogens with zero attached hydrogens (tertiary/aromatic N) is 1. The van der Waals surface area contributed by atoms with Crippen molar-refractivity contribution in [3.05, 3.63) is 40.9 Å². The zero-order chi connectivity index (χ0) is 18.5. The van der Waals surface area contributed by atoms with Crippen LogP contribution < -0.4 is 5.32 Å². The molecule has 5 nitrogen and oxygen atoms in total. The summed E-state index contributed by atoms with van der Waals surface area (Å²) >= 11 is 1.39. The summed E-state index contributed by atoms with van der Waals surface area (Å²) in [6, 6.07) is 8.34. The highest BCUT2D eigenvalue weighted by Crippen LogP contribution is 2.25. The molecule has 0 aliphatic heterocycles. The van der Waals surface area contributed by atoms with Crippen molar-refractivity contribution in [2.75, 3.05) is 0 Å². The van der Waals surface area contributed by atoms with Crippen molar-refractivity contribution in [2.24, 2.45) is 0 Å². The Bertz CT molecular complexity index is 764.